The molecule has 1 saturated heterocycles. The van der Waals surface area contributed by atoms with E-state index in [-0.39, 0.29) is 21.4 Å². The highest BCUT2D eigenvalue weighted by atomic mass is 79.9. The number of nitrogens with zero attached hydrogens (tertiary/aromatic N) is 2. The zero-order valence-corrected chi connectivity index (χ0v) is 17.4. The van der Waals surface area contributed by atoms with E-state index >= 15 is 0 Å². The Bertz CT molecular complexity index is 643. The maximum absolute atomic E-state index is 13.0. The molecule has 25 heavy (non-hydrogen) atoms. The van der Waals surface area contributed by atoms with E-state index in [1.165, 1.54) is 36.4 Å². The average molecular weight is 433 g/mol. The van der Waals surface area contributed by atoms with Crippen LogP contribution in [-0.4, -0.2) is 59.8 Å². The molecule has 1 aliphatic heterocycles. The molecule has 4 saturated carbocycles. The molecule has 0 aromatic rings. The molecule has 4 bridgehead atoms. The van der Waals surface area contributed by atoms with Crippen molar-refractivity contribution >= 4 is 31.9 Å². The van der Waals surface area contributed by atoms with E-state index in [2.05, 4.69) is 15.9 Å². The van der Waals surface area contributed by atoms with E-state index < -0.39 is 10.0 Å². The molecule has 7 heteroatoms. The monoisotopic (exact) mass is 432 g/mol. The second-order valence-corrected chi connectivity index (χ2v) is 12.9. The largest absolute Gasteiger partial charge is 0.340 e. The van der Waals surface area contributed by atoms with E-state index in [9.17, 15) is 13.2 Å². The van der Waals surface area contributed by atoms with Gasteiger partial charge in [-0.05, 0) is 62.7 Å². The summed E-state index contributed by atoms with van der Waals surface area (Å²) in [6.45, 7) is 3.65. The van der Waals surface area contributed by atoms with Crippen molar-refractivity contribution in [2.75, 3.05) is 31.9 Å². The zero-order chi connectivity index (χ0) is 17.9. The maximum atomic E-state index is 13.0. The molecule has 5 nitrogen and oxygen atoms in total. The molecule has 5 rings (SSSR count). The Balaban J connectivity index is 1.39. The van der Waals surface area contributed by atoms with Crippen LogP contribution in [0, 0.1) is 17.3 Å². The van der Waals surface area contributed by atoms with Gasteiger partial charge in [-0.15, -0.1) is 0 Å². The number of hydrogen-bond donors (Lipinski definition) is 0. The minimum atomic E-state index is -3.13. The highest BCUT2D eigenvalue weighted by molar-refractivity contribution is 9.10. The van der Waals surface area contributed by atoms with Crippen LogP contribution in [0.3, 0.4) is 0 Å². The third-order valence-corrected chi connectivity index (χ3v) is 9.80. The van der Waals surface area contributed by atoms with Crippen molar-refractivity contribution in [3.05, 3.63) is 0 Å². The van der Waals surface area contributed by atoms with Gasteiger partial charge in [0.15, 0.2) is 0 Å². The minimum absolute atomic E-state index is 0.139. The lowest BCUT2D eigenvalue weighted by molar-refractivity contribution is -0.139. The first kappa shape index (κ1) is 18.2. The summed E-state index contributed by atoms with van der Waals surface area (Å²) in [6, 6.07) is 0. The highest BCUT2D eigenvalue weighted by Gasteiger charge is 2.57. The Morgan fingerprint density at radius 1 is 1.08 bits per heavy atom. The number of amides is 1. The predicted octanol–water partition coefficient (Wildman–Crippen LogP) is 2.60. The Kier molecular flexibility index (Phi) is 4.52. The topological polar surface area (TPSA) is 57.7 Å². The summed E-state index contributed by atoms with van der Waals surface area (Å²) < 4.78 is 25.8. The smallest absolute Gasteiger partial charge is 0.223 e. The summed E-state index contributed by atoms with van der Waals surface area (Å²) >= 11 is 4.02. The van der Waals surface area contributed by atoms with Gasteiger partial charge >= 0.3 is 0 Å². The fourth-order valence-electron chi connectivity index (χ4n) is 6.37. The van der Waals surface area contributed by atoms with Crippen LogP contribution in [-0.2, 0) is 14.8 Å². The number of carbonyl (C=O) groups excluding carboxylic acids is 1. The number of halogens is 1. The molecule has 5 fully saturated rings. The number of carbonyl (C=O) groups is 1. The summed E-state index contributed by atoms with van der Waals surface area (Å²) in [6.07, 6.45) is 8.16. The fourth-order valence-corrected chi connectivity index (χ4v) is 8.97. The number of alkyl halides is 1. The summed E-state index contributed by atoms with van der Waals surface area (Å²) in [5.41, 5.74) is 0.192. The van der Waals surface area contributed by atoms with Gasteiger partial charge in [0.1, 0.15) is 0 Å². The second-order valence-electron chi connectivity index (χ2n) is 8.97. The van der Waals surface area contributed by atoms with Gasteiger partial charge in [0, 0.05) is 36.9 Å². The second kappa shape index (κ2) is 6.20. The van der Waals surface area contributed by atoms with Gasteiger partial charge in [-0.3, -0.25) is 4.79 Å². The molecule has 0 spiro atoms. The van der Waals surface area contributed by atoms with Crippen LogP contribution in [0.25, 0.3) is 0 Å². The average Bonchev–Trinajstić information content (AvgIpc) is 2.52. The van der Waals surface area contributed by atoms with Crippen molar-refractivity contribution in [3.8, 4) is 0 Å². The van der Waals surface area contributed by atoms with Crippen LogP contribution >= 0.6 is 15.9 Å². The summed E-state index contributed by atoms with van der Waals surface area (Å²) in [5.74, 6) is 1.96. The Hall–Kier alpha value is -0.140. The SMILES string of the molecule is CCS(=O)(=O)N1CCN(C(=O)CC23CC4CC(CC(Br)(C4)C2)C3)CC1. The first-order chi connectivity index (χ1) is 11.7. The molecule has 2 unspecified atom stereocenters. The zero-order valence-electron chi connectivity index (χ0n) is 15.0. The lowest BCUT2D eigenvalue weighted by Crippen LogP contribution is -2.55. The van der Waals surface area contributed by atoms with Gasteiger partial charge < -0.3 is 4.90 Å². The van der Waals surface area contributed by atoms with Crippen LogP contribution in [0.1, 0.15) is 51.9 Å². The summed E-state index contributed by atoms with van der Waals surface area (Å²) in [5, 5.41) is 0. The first-order valence-electron chi connectivity index (χ1n) is 9.67. The minimum Gasteiger partial charge on any atom is -0.340 e. The molecule has 4 aliphatic carbocycles. The van der Waals surface area contributed by atoms with Crippen LogP contribution < -0.4 is 0 Å². The van der Waals surface area contributed by atoms with Crippen molar-refractivity contribution in [3.63, 3.8) is 0 Å². The van der Waals surface area contributed by atoms with Gasteiger partial charge in [-0.1, -0.05) is 15.9 Å². The standard InChI is InChI=1S/C18H29BrN2O3S/c1-2-25(23,24)21-5-3-20(4-6-21)16(22)12-17-8-14-7-15(9-17)11-18(19,10-14)13-17/h14-15H,2-13H2,1H3. The molecule has 5 aliphatic rings. The number of rotatable bonds is 4. The van der Waals surface area contributed by atoms with Crippen LogP contribution in [0.2, 0.25) is 0 Å². The molecule has 2 atom stereocenters. The molecule has 0 radical (unpaired) electrons. The molecular formula is C18H29BrN2O3S. The Morgan fingerprint density at radius 2 is 1.68 bits per heavy atom. The quantitative estimate of drug-likeness (QED) is 0.641. The van der Waals surface area contributed by atoms with E-state index in [1.54, 1.807) is 6.92 Å². The van der Waals surface area contributed by atoms with E-state index in [0.29, 0.717) is 32.6 Å². The van der Waals surface area contributed by atoms with Crippen LogP contribution in [0.15, 0.2) is 0 Å². The number of piperazine rings is 1. The number of sulfonamides is 1. The van der Waals surface area contributed by atoms with Gasteiger partial charge in [0.25, 0.3) is 0 Å². The summed E-state index contributed by atoms with van der Waals surface area (Å²) in [4.78, 5) is 14.9. The van der Waals surface area contributed by atoms with Gasteiger partial charge in [0.05, 0.1) is 5.75 Å². The summed E-state index contributed by atoms with van der Waals surface area (Å²) in [7, 11) is -3.13. The van der Waals surface area contributed by atoms with Crippen molar-refractivity contribution in [1.82, 2.24) is 9.21 Å². The van der Waals surface area contributed by atoms with Gasteiger partial charge in [0.2, 0.25) is 15.9 Å². The highest BCUT2D eigenvalue weighted by Crippen LogP contribution is 2.65. The molecule has 1 amide bonds. The Morgan fingerprint density at radius 3 is 2.20 bits per heavy atom. The third-order valence-electron chi connectivity index (χ3n) is 6.99. The van der Waals surface area contributed by atoms with E-state index in [4.69, 9.17) is 0 Å². The number of hydrogen-bond acceptors (Lipinski definition) is 3. The Labute approximate surface area is 159 Å². The third kappa shape index (κ3) is 3.41. The lowest BCUT2D eigenvalue weighted by atomic mass is 9.48. The molecule has 0 N–H and O–H groups in total. The molecule has 142 valence electrons. The van der Waals surface area contributed by atoms with Crippen molar-refractivity contribution in [2.45, 2.75) is 56.2 Å². The molecular weight excluding hydrogens is 404 g/mol. The van der Waals surface area contributed by atoms with Gasteiger partial charge in [-0.2, -0.15) is 4.31 Å². The van der Waals surface area contributed by atoms with Crippen LogP contribution in [0.5, 0.6) is 0 Å². The van der Waals surface area contributed by atoms with Crippen LogP contribution in [0.4, 0.5) is 0 Å². The molecule has 0 aromatic heterocycles. The predicted molar refractivity (Wildman–Crippen MR) is 101 cm³/mol. The van der Waals surface area contributed by atoms with Crippen molar-refractivity contribution in [1.29, 1.82) is 0 Å². The van der Waals surface area contributed by atoms with Crippen molar-refractivity contribution < 1.29 is 13.2 Å². The first-order valence-corrected chi connectivity index (χ1v) is 12.1. The van der Waals surface area contributed by atoms with E-state index in [0.717, 1.165) is 18.3 Å². The lowest BCUT2D eigenvalue weighted by Gasteiger charge is -2.60. The molecule has 1 heterocycles. The van der Waals surface area contributed by atoms with E-state index in [1.807, 2.05) is 4.90 Å². The van der Waals surface area contributed by atoms with Gasteiger partial charge in [-0.25, -0.2) is 8.42 Å². The van der Waals surface area contributed by atoms with Crippen molar-refractivity contribution in [2.24, 2.45) is 17.3 Å². The molecule has 0 aromatic carbocycles. The maximum Gasteiger partial charge on any atom is 0.223 e. The normalized spacial score (nSPS) is 41.3. The fraction of sp³-hybridized carbons (Fsp3) is 0.944.